The lowest BCUT2D eigenvalue weighted by Crippen LogP contribution is -2.51. The third-order valence-electron chi connectivity index (χ3n) is 8.46. The molecule has 0 aliphatic carbocycles. The minimum absolute atomic E-state index is 0. The van der Waals surface area contributed by atoms with Gasteiger partial charge in [-0.15, -0.1) is 19.0 Å². The van der Waals surface area contributed by atoms with Crippen molar-refractivity contribution in [1.82, 2.24) is 14.1 Å². The standard InChI is InChI=1S/C34H42N4O6S.ClH/c1-4-21-37(34(39)44-26-28-15-17-31(18-16-28)38(40)41)32-20-23-36(27(2)24-32)22-19-30(29-11-7-5-8-12-29)25-35(3)45(42,43)33-13-9-6-10-14-33;/h4-18,27,30,32H,1,19-26H2,2-3H3;1H/t27?,30?,32-;/m0./s1. The average molecular weight is 671 g/mol. The molecule has 46 heavy (non-hydrogen) atoms. The summed E-state index contributed by atoms with van der Waals surface area (Å²) in [5.41, 5.74) is 1.76. The van der Waals surface area contributed by atoms with Crippen LogP contribution >= 0.6 is 12.4 Å². The Morgan fingerprint density at radius 3 is 2.30 bits per heavy atom. The molecule has 0 spiro atoms. The van der Waals surface area contributed by atoms with E-state index in [1.165, 1.54) is 16.4 Å². The fraction of sp³-hybridized carbons (Fsp3) is 0.382. The second-order valence-electron chi connectivity index (χ2n) is 11.5. The maximum absolute atomic E-state index is 13.3. The number of hydrogen-bond acceptors (Lipinski definition) is 7. The lowest BCUT2D eigenvalue weighted by Gasteiger charge is -2.42. The zero-order valence-electron chi connectivity index (χ0n) is 26.3. The van der Waals surface area contributed by atoms with Crippen molar-refractivity contribution in [2.24, 2.45) is 0 Å². The van der Waals surface area contributed by atoms with Gasteiger partial charge in [-0.3, -0.25) is 10.1 Å². The predicted octanol–water partition coefficient (Wildman–Crippen LogP) is 6.49. The summed E-state index contributed by atoms with van der Waals surface area (Å²) in [6.45, 7) is 8.30. The summed E-state index contributed by atoms with van der Waals surface area (Å²) >= 11 is 0. The highest BCUT2D eigenvalue weighted by Gasteiger charge is 2.33. The molecule has 2 unspecified atom stereocenters. The Morgan fingerprint density at radius 2 is 1.72 bits per heavy atom. The first-order chi connectivity index (χ1) is 21.6. The van der Waals surface area contributed by atoms with E-state index in [9.17, 15) is 23.3 Å². The number of piperidine rings is 1. The van der Waals surface area contributed by atoms with Crippen molar-refractivity contribution in [2.45, 2.75) is 55.7 Å². The summed E-state index contributed by atoms with van der Waals surface area (Å²) in [5, 5.41) is 10.9. The maximum atomic E-state index is 13.3. The molecular weight excluding hydrogens is 628 g/mol. The number of nitro benzene ring substituents is 1. The molecule has 0 saturated carbocycles. The molecule has 1 heterocycles. The maximum Gasteiger partial charge on any atom is 0.410 e. The number of nitrogens with zero attached hydrogens (tertiary/aromatic N) is 4. The molecule has 1 aliphatic rings. The van der Waals surface area contributed by atoms with Gasteiger partial charge in [0.15, 0.2) is 0 Å². The first kappa shape index (κ1) is 36.7. The number of ether oxygens (including phenoxy) is 1. The molecule has 4 rings (SSSR count). The summed E-state index contributed by atoms with van der Waals surface area (Å²) in [6, 6.07) is 24.7. The highest BCUT2D eigenvalue weighted by Crippen LogP contribution is 2.28. The number of nitro groups is 1. The van der Waals surface area contributed by atoms with E-state index < -0.39 is 21.0 Å². The zero-order chi connectivity index (χ0) is 32.4. The van der Waals surface area contributed by atoms with Crippen LogP contribution in [0, 0.1) is 10.1 Å². The first-order valence-electron chi connectivity index (χ1n) is 15.2. The van der Waals surface area contributed by atoms with E-state index in [1.54, 1.807) is 60.5 Å². The summed E-state index contributed by atoms with van der Waals surface area (Å²) in [7, 11) is -1.98. The van der Waals surface area contributed by atoms with Crippen LogP contribution in [0.25, 0.3) is 0 Å². The van der Waals surface area contributed by atoms with Crippen molar-refractivity contribution in [1.29, 1.82) is 0 Å². The van der Waals surface area contributed by atoms with Crippen LogP contribution in [0.1, 0.15) is 43.2 Å². The van der Waals surface area contributed by atoms with Gasteiger partial charge in [0.25, 0.3) is 5.69 Å². The number of likely N-dealkylation sites (tertiary alicyclic amines) is 1. The molecule has 0 aromatic heterocycles. The summed E-state index contributed by atoms with van der Waals surface area (Å²) in [5.74, 6) is 0.00581. The first-order valence-corrected chi connectivity index (χ1v) is 16.6. The lowest BCUT2D eigenvalue weighted by molar-refractivity contribution is -0.384. The van der Waals surface area contributed by atoms with E-state index in [4.69, 9.17) is 4.74 Å². The Balaban J connectivity index is 0.00000576. The van der Waals surface area contributed by atoms with Crippen molar-refractivity contribution < 1.29 is 22.9 Å². The van der Waals surface area contributed by atoms with Gasteiger partial charge in [-0.05, 0) is 74.0 Å². The molecule has 1 fully saturated rings. The van der Waals surface area contributed by atoms with E-state index in [0.717, 1.165) is 37.9 Å². The molecule has 0 bridgehead atoms. The SMILES string of the molecule is C=CCN(C(=O)OCc1ccc([N+](=O)[O-])cc1)[C@H]1CCN(CCC(CN(C)S(=O)(=O)c2ccccc2)c2ccccc2)C(C)C1.Cl. The quantitative estimate of drug-likeness (QED) is 0.109. The van der Waals surface area contributed by atoms with Crippen molar-refractivity contribution in [2.75, 3.05) is 33.2 Å². The Bertz CT molecular complexity index is 1530. The smallest absolute Gasteiger partial charge is 0.410 e. The van der Waals surface area contributed by atoms with E-state index in [-0.39, 0.29) is 47.6 Å². The van der Waals surface area contributed by atoms with Crippen LogP contribution in [0.2, 0.25) is 0 Å². The van der Waals surface area contributed by atoms with Gasteiger partial charge in [0.2, 0.25) is 10.0 Å². The number of rotatable bonds is 14. The van der Waals surface area contributed by atoms with Gasteiger partial charge in [0.1, 0.15) is 6.61 Å². The van der Waals surface area contributed by atoms with Crippen LogP contribution in [-0.4, -0.2) is 78.8 Å². The molecular formula is C34H43ClN4O6S. The van der Waals surface area contributed by atoms with Gasteiger partial charge in [-0.25, -0.2) is 17.5 Å². The van der Waals surface area contributed by atoms with Crippen molar-refractivity contribution in [3.8, 4) is 0 Å². The molecule has 0 N–H and O–H groups in total. The summed E-state index contributed by atoms with van der Waals surface area (Å²) in [4.78, 5) is 28.0. The topological polar surface area (TPSA) is 113 Å². The van der Waals surface area contributed by atoms with Crippen LogP contribution in [-0.2, 0) is 21.4 Å². The Kier molecular flexibility index (Phi) is 13.7. The highest BCUT2D eigenvalue weighted by molar-refractivity contribution is 7.89. The van der Waals surface area contributed by atoms with Gasteiger partial charge >= 0.3 is 6.09 Å². The Morgan fingerprint density at radius 1 is 1.09 bits per heavy atom. The van der Waals surface area contributed by atoms with Crippen LogP contribution < -0.4 is 0 Å². The molecule has 12 heteroatoms. The number of sulfonamides is 1. The van der Waals surface area contributed by atoms with E-state index in [2.05, 4.69) is 30.5 Å². The van der Waals surface area contributed by atoms with Crippen molar-refractivity contribution in [3.63, 3.8) is 0 Å². The molecule has 10 nitrogen and oxygen atoms in total. The Labute approximate surface area is 278 Å². The minimum atomic E-state index is -3.62. The van der Waals surface area contributed by atoms with E-state index >= 15 is 0 Å². The van der Waals surface area contributed by atoms with Crippen LogP contribution in [0.3, 0.4) is 0 Å². The molecule has 0 radical (unpaired) electrons. The highest BCUT2D eigenvalue weighted by atomic mass is 35.5. The van der Waals surface area contributed by atoms with E-state index in [0.29, 0.717) is 18.7 Å². The number of carbonyl (C=O) groups is 1. The minimum Gasteiger partial charge on any atom is -0.445 e. The van der Waals surface area contributed by atoms with Gasteiger partial charge < -0.3 is 14.5 Å². The van der Waals surface area contributed by atoms with Crippen molar-refractivity contribution in [3.05, 3.63) is 119 Å². The second kappa shape index (κ2) is 17.2. The summed E-state index contributed by atoms with van der Waals surface area (Å²) in [6.07, 6.45) is 3.56. The number of likely N-dealkylation sites (N-methyl/N-ethyl adjacent to an activating group) is 1. The number of hydrogen-bond donors (Lipinski definition) is 0. The van der Waals surface area contributed by atoms with Gasteiger partial charge in [0.05, 0.1) is 9.82 Å². The number of amides is 1. The largest absolute Gasteiger partial charge is 0.445 e. The molecule has 1 aliphatic heterocycles. The molecule has 3 atom stereocenters. The van der Waals surface area contributed by atoms with Crippen LogP contribution in [0.15, 0.2) is 102 Å². The number of benzene rings is 3. The zero-order valence-corrected chi connectivity index (χ0v) is 27.9. The monoisotopic (exact) mass is 670 g/mol. The fourth-order valence-electron chi connectivity index (χ4n) is 5.86. The third-order valence-corrected chi connectivity index (χ3v) is 10.3. The molecule has 1 saturated heterocycles. The van der Waals surface area contributed by atoms with Gasteiger partial charge in [0, 0.05) is 50.9 Å². The average Bonchev–Trinajstić information content (AvgIpc) is 3.05. The molecule has 1 amide bonds. The van der Waals surface area contributed by atoms with Gasteiger partial charge in [-0.2, -0.15) is 0 Å². The predicted molar refractivity (Wildman–Crippen MR) is 182 cm³/mol. The van der Waals surface area contributed by atoms with E-state index in [1.807, 2.05) is 18.2 Å². The van der Waals surface area contributed by atoms with Crippen molar-refractivity contribution >= 4 is 34.2 Å². The number of non-ortho nitro benzene ring substituents is 1. The number of halogens is 1. The summed E-state index contributed by atoms with van der Waals surface area (Å²) < 4.78 is 33.6. The number of carbonyl (C=O) groups excluding carboxylic acids is 1. The Hall–Kier alpha value is -3.77. The molecule has 3 aromatic rings. The van der Waals surface area contributed by atoms with Crippen LogP contribution in [0.5, 0.6) is 0 Å². The fourth-order valence-corrected chi connectivity index (χ4v) is 7.09. The third kappa shape index (κ3) is 9.62. The molecule has 248 valence electrons. The van der Waals surface area contributed by atoms with Crippen LogP contribution in [0.4, 0.5) is 10.5 Å². The normalized spacial score (nSPS) is 17.5. The lowest BCUT2D eigenvalue weighted by atomic mass is 9.93. The van der Waals surface area contributed by atoms with Gasteiger partial charge in [-0.1, -0.05) is 54.6 Å². The second-order valence-corrected chi connectivity index (χ2v) is 13.5. The molecule has 3 aromatic carbocycles.